The number of methoxy groups -OCH3 is 1. The van der Waals surface area contributed by atoms with E-state index in [1.807, 2.05) is 48.5 Å². The average Bonchev–Trinajstić information content (AvgIpc) is 3.21. The highest BCUT2D eigenvalue weighted by Crippen LogP contribution is 2.26. The summed E-state index contributed by atoms with van der Waals surface area (Å²) in [5.41, 5.74) is 3.18. The molecule has 1 aromatic heterocycles. The maximum absolute atomic E-state index is 12.4. The van der Waals surface area contributed by atoms with E-state index in [0.29, 0.717) is 6.42 Å². The monoisotopic (exact) mass is 378 g/mol. The number of aromatic amines is 1. The first kappa shape index (κ1) is 18.1. The lowest BCUT2D eigenvalue weighted by atomic mass is 9.88. The highest BCUT2D eigenvalue weighted by molar-refractivity contribution is 5.73. The molecule has 4 rings (SSSR count). The van der Waals surface area contributed by atoms with Crippen molar-refractivity contribution in [3.63, 3.8) is 0 Å². The molecule has 0 fully saturated rings. The highest BCUT2D eigenvalue weighted by atomic mass is 16.5. The van der Waals surface area contributed by atoms with E-state index in [-0.39, 0.29) is 18.5 Å². The second kappa shape index (κ2) is 8.17. The third-order valence-corrected chi connectivity index (χ3v) is 4.95. The lowest BCUT2D eigenvalue weighted by Gasteiger charge is -2.20. The van der Waals surface area contributed by atoms with Gasteiger partial charge >= 0.3 is 5.97 Å². The summed E-state index contributed by atoms with van der Waals surface area (Å²) in [5.74, 6) is 2.00. The molecule has 1 aliphatic carbocycles. The molecule has 0 saturated carbocycles. The van der Waals surface area contributed by atoms with Gasteiger partial charge in [-0.3, -0.25) is 9.89 Å². The van der Waals surface area contributed by atoms with Crippen LogP contribution in [0.25, 0.3) is 0 Å². The molecule has 0 aliphatic heterocycles. The molecule has 0 spiro atoms. The lowest BCUT2D eigenvalue weighted by molar-refractivity contribution is -0.150. The van der Waals surface area contributed by atoms with Crippen molar-refractivity contribution in [2.24, 2.45) is 5.92 Å². The maximum Gasteiger partial charge on any atom is 0.309 e. The molecule has 0 saturated heterocycles. The van der Waals surface area contributed by atoms with Crippen LogP contribution in [-0.4, -0.2) is 23.3 Å². The summed E-state index contributed by atoms with van der Waals surface area (Å²) in [6.07, 6.45) is 4.13. The molecule has 28 heavy (non-hydrogen) atoms. The molecule has 0 bridgehead atoms. The molecule has 0 amide bonds. The van der Waals surface area contributed by atoms with Crippen LogP contribution in [0, 0.1) is 5.92 Å². The number of fused-ring (bicyclic) bond motifs is 1. The first-order valence-electron chi connectivity index (χ1n) is 9.30. The second-order valence-electron chi connectivity index (χ2n) is 6.84. The molecular formula is C22H22N2O4. The quantitative estimate of drug-likeness (QED) is 0.655. The van der Waals surface area contributed by atoms with E-state index >= 15 is 0 Å². The minimum absolute atomic E-state index is 0.0946. The van der Waals surface area contributed by atoms with Gasteiger partial charge in [0.2, 0.25) is 0 Å². The van der Waals surface area contributed by atoms with Crippen LogP contribution >= 0.6 is 0 Å². The predicted octanol–water partition coefficient (Wildman–Crippen LogP) is 4.06. The Morgan fingerprint density at radius 1 is 1.07 bits per heavy atom. The number of H-pyrrole nitrogens is 1. The normalized spacial score (nSPS) is 15.5. The van der Waals surface area contributed by atoms with Crippen molar-refractivity contribution in [1.29, 1.82) is 0 Å². The van der Waals surface area contributed by atoms with Gasteiger partial charge in [0.05, 0.1) is 19.2 Å². The Hall–Kier alpha value is -3.28. The van der Waals surface area contributed by atoms with Crippen molar-refractivity contribution in [3.05, 3.63) is 71.5 Å². The Morgan fingerprint density at radius 2 is 1.75 bits per heavy atom. The molecule has 1 atom stereocenters. The zero-order valence-corrected chi connectivity index (χ0v) is 15.7. The first-order valence-corrected chi connectivity index (χ1v) is 9.30. The van der Waals surface area contributed by atoms with E-state index in [1.54, 1.807) is 13.3 Å². The minimum Gasteiger partial charge on any atom is -0.497 e. The number of nitrogens with zero attached hydrogens (tertiary/aromatic N) is 1. The van der Waals surface area contributed by atoms with Gasteiger partial charge < -0.3 is 14.2 Å². The SMILES string of the molecule is COc1ccc(Oc2ccc(COC(=O)C3CCc4[nH]ncc4C3)cc2)cc1. The number of carbonyl (C=O) groups excluding carboxylic acids is 1. The predicted molar refractivity (Wildman–Crippen MR) is 103 cm³/mol. The van der Waals surface area contributed by atoms with Gasteiger partial charge in [-0.1, -0.05) is 12.1 Å². The summed E-state index contributed by atoms with van der Waals surface area (Å²) in [7, 11) is 1.63. The van der Waals surface area contributed by atoms with E-state index < -0.39 is 0 Å². The van der Waals surface area contributed by atoms with Gasteiger partial charge in [0.15, 0.2) is 0 Å². The number of esters is 1. The molecule has 144 valence electrons. The van der Waals surface area contributed by atoms with Crippen LogP contribution in [0.5, 0.6) is 17.2 Å². The number of nitrogens with one attached hydrogen (secondary N) is 1. The molecule has 1 unspecified atom stereocenters. The third kappa shape index (κ3) is 4.17. The zero-order valence-electron chi connectivity index (χ0n) is 15.7. The van der Waals surface area contributed by atoms with Crippen molar-refractivity contribution in [1.82, 2.24) is 10.2 Å². The van der Waals surface area contributed by atoms with Crippen molar-refractivity contribution < 1.29 is 19.0 Å². The Kier molecular flexibility index (Phi) is 5.28. The number of hydrogen-bond acceptors (Lipinski definition) is 5. The maximum atomic E-state index is 12.4. The van der Waals surface area contributed by atoms with Gasteiger partial charge in [0.1, 0.15) is 23.9 Å². The topological polar surface area (TPSA) is 73.4 Å². The summed E-state index contributed by atoms with van der Waals surface area (Å²) >= 11 is 0. The Balaban J connectivity index is 1.29. The molecular weight excluding hydrogens is 356 g/mol. The number of ether oxygens (including phenoxy) is 3. The summed E-state index contributed by atoms with van der Waals surface area (Å²) in [6, 6.07) is 14.9. The molecule has 3 aromatic rings. The molecule has 1 heterocycles. The van der Waals surface area contributed by atoms with Gasteiger partial charge in [-0.05, 0) is 66.8 Å². The van der Waals surface area contributed by atoms with Crippen LogP contribution < -0.4 is 9.47 Å². The Labute approximate surface area is 163 Å². The largest absolute Gasteiger partial charge is 0.497 e. The number of carbonyl (C=O) groups is 1. The summed E-state index contributed by atoms with van der Waals surface area (Å²) in [5, 5.41) is 7.03. The molecule has 1 aliphatic rings. The Bertz CT molecular complexity index is 932. The van der Waals surface area contributed by atoms with Crippen LogP contribution in [0.1, 0.15) is 23.2 Å². The fraction of sp³-hybridized carbons (Fsp3) is 0.273. The van der Waals surface area contributed by atoms with Crippen molar-refractivity contribution in [2.45, 2.75) is 25.9 Å². The van der Waals surface area contributed by atoms with E-state index in [9.17, 15) is 4.79 Å². The van der Waals surface area contributed by atoms with Crippen LogP contribution in [-0.2, 0) is 29.0 Å². The van der Waals surface area contributed by atoms with Gasteiger partial charge in [-0.25, -0.2) is 0 Å². The van der Waals surface area contributed by atoms with Crippen molar-refractivity contribution in [3.8, 4) is 17.2 Å². The van der Waals surface area contributed by atoms with Gasteiger partial charge in [0.25, 0.3) is 0 Å². The number of aryl methyl sites for hydroxylation is 1. The van der Waals surface area contributed by atoms with E-state index in [1.165, 1.54) is 0 Å². The highest BCUT2D eigenvalue weighted by Gasteiger charge is 2.26. The smallest absolute Gasteiger partial charge is 0.309 e. The van der Waals surface area contributed by atoms with Gasteiger partial charge in [-0.15, -0.1) is 0 Å². The van der Waals surface area contributed by atoms with E-state index in [0.717, 1.165) is 46.9 Å². The molecule has 2 aromatic carbocycles. The summed E-state index contributed by atoms with van der Waals surface area (Å²) in [6.45, 7) is 0.260. The summed E-state index contributed by atoms with van der Waals surface area (Å²) in [4.78, 5) is 12.4. The van der Waals surface area contributed by atoms with E-state index in [2.05, 4.69) is 10.2 Å². The van der Waals surface area contributed by atoms with Crippen LogP contribution in [0.3, 0.4) is 0 Å². The van der Waals surface area contributed by atoms with Gasteiger partial charge in [-0.2, -0.15) is 5.10 Å². The molecule has 6 heteroatoms. The minimum atomic E-state index is -0.148. The van der Waals surface area contributed by atoms with Crippen LogP contribution in [0.4, 0.5) is 0 Å². The molecule has 0 radical (unpaired) electrons. The number of aromatic nitrogens is 2. The number of benzene rings is 2. The first-order chi connectivity index (χ1) is 13.7. The fourth-order valence-electron chi connectivity index (χ4n) is 3.32. The Morgan fingerprint density at radius 3 is 2.46 bits per heavy atom. The third-order valence-electron chi connectivity index (χ3n) is 4.95. The van der Waals surface area contributed by atoms with Crippen LogP contribution in [0.15, 0.2) is 54.7 Å². The van der Waals surface area contributed by atoms with Gasteiger partial charge in [0, 0.05) is 5.69 Å². The number of rotatable bonds is 6. The standard InChI is InChI=1S/C22H22N2O4/c1-26-18-7-9-20(10-8-18)28-19-5-2-15(3-6-19)14-27-22(25)16-4-11-21-17(12-16)13-23-24-21/h2-3,5-10,13,16H,4,11-12,14H2,1H3,(H,23,24). The van der Waals surface area contributed by atoms with E-state index in [4.69, 9.17) is 14.2 Å². The fourth-order valence-corrected chi connectivity index (χ4v) is 3.32. The number of hydrogen-bond donors (Lipinski definition) is 1. The molecule has 1 N–H and O–H groups in total. The lowest BCUT2D eigenvalue weighted by Crippen LogP contribution is -2.24. The second-order valence-corrected chi connectivity index (χ2v) is 6.84. The molecule has 6 nitrogen and oxygen atoms in total. The van der Waals surface area contributed by atoms with Crippen LogP contribution in [0.2, 0.25) is 0 Å². The average molecular weight is 378 g/mol. The zero-order chi connectivity index (χ0) is 19.3. The van der Waals surface area contributed by atoms with Crippen molar-refractivity contribution >= 4 is 5.97 Å². The summed E-state index contributed by atoms with van der Waals surface area (Å²) < 4.78 is 16.5. The van der Waals surface area contributed by atoms with Crippen molar-refractivity contribution in [2.75, 3.05) is 7.11 Å².